The zero-order chi connectivity index (χ0) is 20.0. The van der Waals surface area contributed by atoms with Crippen molar-refractivity contribution in [1.29, 1.82) is 0 Å². The van der Waals surface area contributed by atoms with Gasteiger partial charge in [0.25, 0.3) is 0 Å². The van der Waals surface area contributed by atoms with Crippen molar-refractivity contribution in [3.05, 3.63) is 45.4 Å². The maximum Gasteiger partial charge on any atom is 0.415 e. The summed E-state index contributed by atoms with van der Waals surface area (Å²) in [7, 11) is 0. The molecule has 0 aromatic carbocycles. The predicted molar refractivity (Wildman–Crippen MR) is 107 cm³/mol. The molecule has 0 N–H and O–H groups in total. The van der Waals surface area contributed by atoms with Crippen molar-refractivity contribution in [2.75, 3.05) is 13.1 Å². The topological polar surface area (TPSA) is 86.3 Å². The lowest BCUT2D eigenvalue weighted by molar-refractivity contribution is -0.389. The van der Waals surface area contributed by atoms with E-state index in [0.29, 0.717) is 18.5 Å². The minimum absolute atomic E-state index is 0.159. The van der Waals surface area contributed by atoms with Crippen molar-refractivity contribution >= 4 is 5.82 Å². The van der Waals surface area contributed by atoms with Crippen LogP contribution in [0.15, 0.2) is 18.3 Å². The molecule has 0 radical (unpaired) electrons. The number of imidazole rings is 1. The Bertz CT molecular complexity index is 911. The van der Waals surface area contributed by atoms with Gasteiger partial charge in [-0.05, 0) is 36.3 Å². The van der Waals surface area contributed by atoms with Gasteiger partial charge in [0.2, 0.25) is 0 Å². The van der Waals surface area contributed by atoms with Gasteiger partial charge in [0.05, 0.1) is 6.54 Å². The highest BCUT2D eigenvalue weighted by Crippen LogP contribution is 2.34. The Morgan fingerprint density at radius 3 is 2.86 bits per heavy atom. The Morgan fingerprint density at radius 2 is 2.10 bits per heavy atom. The Balaban J connectivity index is 1.24. The maximum atomic E-state index is 10.9. The quantitative estimate of drug-likeness (QED) is 0.580. The summed E-state index contributed by atoms with van der Waals surface area (Å²) >= 11 is 0. The molecule has 0 amide bonds. The molecular weight excluding hydrogens is 370 g/mol. The van der Waals surface area contributed by atoms with Gasteiger partial charge < -0.3 is 14.9 Å². The summed E-state index contributed by atoms with van der Waals surface area (Å²) in [5.41, 5.74) is 3.43. The molecule has 1 saturated carbocycles. The van der Waals surface area contributed by atoms with E-state index in [0.717, 1.165) is 26.1 Å². The number of rotatable bonds is 4. The fourth-order valence-corrected chi connectivity index (χ4v) is 5.09. The van der Waals surface area contributed by atoms with Gasteiger partial charge in [0, 0.05) is 48.3 Å². The maximum absolute atomic E-state index is 10.9. The number of nitrogens with zero attached hydrogens (tertiary/aromatic N) is 5. The van der Waals surface area contributed by atoms with Gasteiger partial charge >= 0.3 is 11.8 Å². The number of hydrogen-bond acceptors (Lipinski definition) is 6. The molecule has 8 nitrogen and oxygen atoms in total. The van der Waals surface area contributed by atoms with Crippen LogP contribution < -0.4 is 4.74 Å². The van der Waals surface area contributed by atoms with Gasteiger partial charge in [0.15, 0.2) is 0 Å². The third-order valence-corrected chi connectivity index (χ3v) is 6.49. The van der Waals surface area contributed by atoms with Crippen LogP contribution >= 0.6 is 0 Å². The lowest BCUT2D eigenvalue weighted by atomic mass is 9.86. The molecule has 1 unspecified atom stereocenters. The molecule has 0 bridgehead atoms. The molecule has 4 heterocycles. The first kappa shape index (κ1) is 18.5. The van der Waals surface area contributed by atoms with E-state index in [1.54, 1.807) is 4.57 Å². The first-order chi connectivity index (χ1) is 14.0. The molecule has 0 spiro atoms. The van der Waals surface area contributed by atoms with Crippen LogP contribution in [-0.4, -0.2) is 43.0 Å². The van der Waals surface area contributed by atoms with E-state index in [2.05, 4.69) is 22.0 Å². The van der Waals surface area contributed by atoms with Gasteiger partial charge in [-0.2, -0.15) is 0 Å². The SMILES string of the molecule is CC1(CN2CCc3nc(C4CCCCC4)ccc3C2)Cn2cc([N+](=O)[O-])nc2O1. The van der Waals surface area contributed by atoms with Crippen LogP contribution in [0.3, 0.4) is 0 Å². The van der Waals surface area contributed by atoms with Crippen LogP contribution in [0.2, 0.25) is 0 Å². The third-order valence-electron chi connectivity index (χ3n) is 6.49. The summed E-state index contributed by atoms with van der Waals surface area (Å²) in [6, 6.07) is 4.85. The average Bonchev–Trinajstić information content (AvgIpc) is 3.23. The van der Waals surface area contributed by atoms with E-state index in [-0.39, 0.29) is 5.82 Å². The fraction of sp³-hybridized carbons (Fsp3) is 0.619. The van der Waals surface area contributed by atoms with Crippen LogP contribution in [0.1, 0.15) is 61.9 Å². The van der Waals surface area contributed by atoms with Crippen LogP contribution in [-0.2, 0) is 19.5 Å². The molecule has 2 aromatic heterocycles. The molecule has 5 rings (SSSR count). The Kier molecular flexibility index (Phi) is 4.53. The van der Waals surface area contributed by atoms with Crippen molar-refractivity contribution in [3.63, 3.8) is 0 Å². The number of aromatic nitrogens is 3. The molecule has 1 atom stereocenters. The van der Waals surface area contributed by atoms with Crippen molar-refractivity contribution in [2.45, 2.75) is 70.1 Å². The minimum Gasteiger partial charge on any atom is -0.436 e. The smallest absolute Gasteiger partial charge is 0.415 e. The lowest BCUT2D eigenvalue weighted by Gasteiger charge is -2.34. The number of fused-ring (bicyclic) bond motifs is 2. The summed E-state index contributed by atoms with van der Waals surface area (Å²) in [6.45, 7) is 5.21. The van der Waals surface area contributed by atoms with Gasteiger partial charge in [0.1, 0.15) is 11.8 Å². The highest BCUT2D eigenvalue weighted by molar-refractivity contribution is 5.28. The lowest BCUT2D eigenvalue weighted by Crippen LogP contribution is -2.46. The molecule has 29 heavy (non-hydrogen) atoms. The van der Waals surface area contributed by atoms with Crippen molar-refractivity contribution in [3.8, 4) is 6.01 Å². The van der Waals surface area contributed by atoms with Crippen molar-refractivity contribution in [1.82, 2.24) is 19.4 Å². The molecule has 3 aliphatic rings. The van der Waals surface area contributed by atoms with Crippen molar-refractivity contribution in [2.24, 2.45) is 0 Å². The standard InChI is InChI=1S/C21H27N5O3/c1-21(14-25-12-19(26(27)28)23-20(25)29-21)13-24-10-9-18-16(11-24)7-8-17(22-18)15-5-3-2-4-6-15/h7-8,12,15H,2-6,9-11,13-14H2,1H3. The molecule has 8 heteroatoms. The first-order valence-corrected chi connectivity index (χ1v) is 10.6. The zero-order valence-electron chi connectivity index (χ0n) is 16.8. The molecule has 154 valence electrons. The summed E-state index contributed by atoms with van der Waals surface area (Å²) in [4.78, 5) is 21.8. The molecule has 1 fully saturated rings. The highest BCUT2D eigenvalue weighted by atomic mass is 16.6. The third kappa shape index (κ3) is 3.61. The first-order valence-electron chi connectivity index (χ1n) is 10.6. The van der Waals surface area contributed by atoms with Crippen LogP contribution in [0, 0.1) is 10.1 Å². The Morgan fingerprint density at radius 1 is 1.28 bits per heavy atom. The second-order valence-corrected chi connectivity index (χ2v) is 8.96. The summed E-state index contributed by atoms with van der Waals surface area (Å²) in [5, 5.41) is 10.9. The van der Waals surface area contributed by atoms with E-state index >= 15 is 0 Å². The summed E-state index contributed by atoms with van der Waals surface area (Å²) in [6.07, 6.45) is 9.00. The van der Waals surface area contributed by atoms with Gasteiger partial charge in [-0.3, -0.25) is 14.5 Å². The summed E-state index contributed by atoms with van der Waals surface area (Å²) in [5.74, 6) is 0.484. The van der Waals surface area contributed by atoms with E-state index in [1.165, 1.54) is 55.3 Å². The molecular formula is C21H27N5O3. The molecule has 0 saturated heterocycles. The zero-order valence-corrected chi connectivity index (χ0v) is 16.8. The predicted octanol–water partition coefficient (Wildman–Crippen LogP) is 3.44. The van der Waals surface area contributed by atoms with Gasteiger partial charge in [-0.1, -0.05) is 25.3 Å². The second kappa shape index (κ2) is 7.09. The van der Waals surface area contributed by atoms with E-state index in [1.807, 2.05) is 6.92 Å². The second-order valence-electron chi connectivity index (χ2n) is 8.96. The Labute approximate surface area is 170 Å². The average molecular weight is 397 g/mol. The van der Waals surface area contributed by atoms with Crippen LogP contribution in [0.25, 0.3) is 0 Å². The number of ether oxygens (including phenoxy) is 1. The van der Waals surface area contributed by atoms with E-state index in [9.17, 15) is 10.1 Å². The number of nitro groups is 1. The largest absolute Gasteiger partial charge is 0.436 e. The monoisotopic (exact) mass is 397 g/mol. The van der Waals surface area contributed by atoms with Crippen molar-refractivity contribution < 1.29 is 9.66 Å². The normalized spacial score (nSPS) is 24.7. The van der Waals surface area contributed by atoms with E-state index < -0.39 is 10.5 Å². The molecule has 2 aliphatic heterocycles. The summed E-state index contributed by atoms with van der Waals surface area (Å²) < 4.78 is 7.75. The Hall–Kier alpha value is -2.48. The van der Waals surface area contributed by atoms with Crippen LogP contribution in [0.5, 0.6) is 6.01 Å². The number of hydrogen-bond donors (Lipinski definition) is 0. The fourth-order valence-electron chi connectivity index (χ4n) is 5.09. The van der Waals surface area contributed by atoms with Gasteiger partial charge in [-0.25, -0.2) is 0 Å². The minimum atomic E-state index is -0.484. The van der Waals surface area contributed by atoms with Gasteiger partial charge in [-0.15, -0.1) is 0 Å². The van der Waals surface area contributed by atoms with E-state index in [4.69, 9.17) is 9.72 Å². The molecule has 1 aliphatic carbocycles. The number of pyridine rings is 1. The highest BCUT2D eigenvalue weighted by Gasteiger charge is 2.41. The molecule has 2 aromatic rings. The van der Waals surface area contributed by atoms with Crippen LogP contribution in [0.4, 0.5) is 5.82 Å².